The van der Waals surface area contributed by atoms with Gasteiger partial charge in [0, 0.05) is 9.65 Å². The highest BCUT2D eigenvalue weighted by molar-refractivity contribution is 9.12. The molecule has 2 saturated carbocycles. The highest BCUT2D eigenvalue weighted by atomic mass is 79.9. The molecule has 1 heterocycles. The molecule has 3 fully saturated rings. The fourth-order valence-electron chi connectivity index (χ4n) is 5.24. The molecule has 2 aromatic carbocycles. The standard InChI is InChI=1S/C23H19Br2NO5/c1-30-16-5-3-2-4-13(16)23(29)31-12-8-6-11(7-9-12)26-21(27)17-14-10-15(18(17)22(26)28)20(25)19(14)24/h2-9,14-15,17-20H,10H2,1H3/t14-,15+,17-,18-,19+,20-/m0/s1. The third-order valence-electron chi connectivity index (χ3n) is 6.62. The Balaban J connectivity index is 1.35. The number of halogens is 2. The Morgan fingerprint density at radius 3 is 2.10 bits per heavy atom. The van der Waals surface area contributed by atoms with Crippen LogP contribution in [0.2, 0.25) is 0 Å². The third kappa shape index (κ3) is 3.14. The lowest BCUT2D eigenvalue weighted by Gasteiger charge is -2.28. The van der Waals surface area contributed by atoms with E-state index in [2.05, 4.69) is 31.9 Å². The number of esters is 1. The van der Waals surface area contributed by atoms with Gasteiger partial charge in [-0.05, 0) is 54.7 Å². The number of nitrogens with zero attached hydrogens (tertiary/aromatic N) is 1. The molecule has 0 unspecified atom stereocenters. The molecule has 0 N–H and O–H groups in total. The average molecular weight is 549 g/mol. The summed E-state index contributed by atoms with van der Waals surface area (Å²) < 4.78 is 10.6. The summed E-state index contributed by atoms with van der Waals surface area (Å²) in [6.07, 6.45) is 0.893. The quantitative estimate of drug-likeness (QED) is 0.248. The Morgan fingerprint density at radius 2 is 1.52 bits per heavy atom. The summed E-state index contributed by atoms with van der Waals surface area (Å²) in [6, 6.07) is 13.3. The van der Waals surface area contributed by atoms with E-state index in [0.29, 0.717) is 22.7 Å². The summed E-state index contributed by atoms with van der Waals surface area (Å²) >= 11 is 7.39. The summed E-state index contributed by atoms with van der Waals surface area (Å²) in [4.78, 5) is 40.4. The van der Waals surface area contributed by atoms with Gasteiger partial charge in [-0.25, -0.2) is 4.79 Å². The highest BCUT2D eigenvalue weighted by Gasteiger charge is 2.66. The third-order valence-corrected chi connectivity index (χ3v) is 9.83. The van der Waals surface area contributed by atoms with E-state index in [0.717, 1.165) is 6.42 Å². The fraction of sp³-hybridized carbons (Fsp3) is 0.348. The minimum Gasteiger partial charge on any atom is -0.496 e. The largest absolute Gasteiger partial charge is 0.496 e. The van der Waals surface area contributed by atoms with Crippen LogP contribution in [-0.2, 0) is 9.59 Å². The van der Waals surface area contributed by atoms with Crippen molar-refractivity contribution in [3.8, 4) is 11.5 Å². The lowest BCUT2D eigenvalue weighted by Crippen LogP contribution is -2.37. The Kier molecular flexibility index (Phi) is 5.17. The lowest BCUT2D eigenvalue weighted by atomic mass is 9.81. The van der Waals surface area contributed by atoms with Gasteiger partial charge < -0.3 is 9.47 Å². The summed E-state index contributed by atoms with van der Waals surface area (Å²) in [5.74, 6) is -0.262. The van der Waals surface area contributed by atoms with Gasteiger partial charge >= 0.3 is 5.97 Å². The first-order valence-corrected chi connectivity index (χ1v) is 11.9. The number of anilines is 1. The van der Waals surface area contributed by atoms with Crippen molar-refractivity contribution in [2.45, 2.75) is 16.1 Å². The van der Waals surface area contributed by atoms with Crippen LogP contribution in [0.15, 0.2) is 48.5 Å². The van der Waals surface area contributed by atoms with Crippen LogP contribution in [0.5, 0.6) is 11.5 Å². The molecule has 3 aliphatic rings. The van der Waals surface area contributed by atoms with Crippen molar-refractivity contribution in [2.24, 2.45) is 23.7 Å². The summed E-state index contributed by atoms with van der Waals surface area (Å²) in [5.41, 5.74) is 0.814. The number of benzene rings is 2. The number of rotatable bonds is 4. The van der Waals surface area contributed by atoms with E-state index in [-0.39, 0.29) is 45.1 Å². The number of amides is 2. The van der Waals surface area contributed by atoms with Crippen molar-refractivity contribution in [2.75, 3.05) is 12.0 Å². The molecule has 6 nitrogen and oxygen atoms in total. The Bertz CT molecular complexity index is 1040. The first-order chi connectivity index (χ1) is 14.9. The predicted molar refractivity (Wildman–Crippen MR) is 121 cm³/mol. The minimum absolute atomic E-state index is 0.134. The maximum absolute atomic E-state index is 13.1. The number of imide groups is 1. The summed E-state index contributed by atoms with van der Waals surface area (Å²) in [5, 5.41) is 0. The molecule has 0 spiro atoms. The Morgan fingerprint density at radius 1 is 0.935 bits per heavy atom. The molecule has 2 bridgehead atoms. The van der Waals surface area contributed by atoms with E-state index in [1.54, 1.807) is 48.5 Å². The van der Waals surface area contributed by atoms with Gasteiger partial charge in [0.2, 0.25) is 11.8 Å². The monoisotopic (exact) mass is 547 g/mol. The molecular formula is C23H19Br2NO5. The number of carbonyl (C=O) groups excluding carboxylic acids is 3. The number of ether oxygens (including phenoxy) is 2. The van der Waals surface area contributed by atoms with Crippen molar-refractivity contribution in [1.82, 2.24) is 0 Å². The van der Waals surface area contributed by atoms with E-state index in [1.165, 1.54) is 12.0 Å². The van der Waals surface area contributed by atoms with Crippen molar-refractivity contribution in [3.05, 3.63) is 54.1 Å². The number of alkyl halides is 2. The maximum atomic E-state index is 13.1. The Labute approximate surface area is 196 Å². The van der Waals surface area contributed by atoms with Crippen molar-refractivity contribution < 1.29 is 23.9 Å². The van der Waals surface area contributed by atoms with Crippen LogP contribution in [0.1, 0.15) is 16.8 Å². The van der Waals surface area contributed by atoms with E-state index in [9.17, 15) is 14.4 Å². The van der Waals surface area contributed by atoms with Crippen molar-refractivity contribution in [3.63, 3.8) is 0 Å². The Hall–Kier alpha value is -2.19. The van der Waals surface area contributed by atoms with Gasteiger partial charge in [0.15, 0.2) is 0 Å². The highest BCUT2D eigenvalue weighted by Crippen LogP contribution is 2.60. The van der Waals surface area contributed by atoms with Gasteiger partial charge in [0.1, 0.15) is 17.1 Å². The summed E-state index contributed by atoms with van der Waals surface area (Å²) in [7, 11) is 1.49. The molecule has 2 aromatic rings. The number of para-hydroxylation sites is 1. The first kappa shape index (κ1) is 20.7. The van der Waals surface area contributed by atoms with Crippen LogP contribution in [0.3, 0.4) is 0 Å². The molecule has 5 rings (SSSR count). The molecule has 31 heavy (non-hydrogen) atoms. The molecule has 1 aliphatic heterocycles. The molecule has 6 atom stereocenters. The molecule has 0 radical (unpaired) electrons. The second-order valence-electron chi connectivity index (χ2n) is 8.10. The minimum atomic E-state index is -0.545. The second kappa shape index (κ2) is 7.74. The number of hydrogen-bond acceptors (Lipinski definition) is 5. The van der Waals surface area contributed by atoms with E-state index in [1.807, 2.05) is 0 Å². The van der Waals surface area contributed by atoms with Crippen molar-refractivity contribution >= 4 is 55.3 Å². The first-order valence-electron chi connectivity index (χ1n) is 10.0. The second-order valence-corrected chi connectivity index (χ2v) is 10.2. The molecule has 8 heteroatoms. The normalized spacial score (nSPS) is 31.1. The zero-order valence-electron chi connectivity index (χ0n) is 16.5. The van der Waals surface area contributed by atoms with Gasteiger partial charge in [-0.2, -0.15) is 0 Å². The van der Waals surface area contributed by atoms with Gasteiger partial charge in [-0.3, -0.25) is 14.5 Å². The zero-order chi connectivity index (χ0) is 21.9. The molecule has 0 aromatic heterocycles. The molecular weight excluding hydrogens is 530 g/mol. The van der Waals surface area contributed by atoms with Crippen LogP contribution in [0.4, 0.5) is 5.69 Å². The predicted octanol–water partition coefficient (Wildman–Crippen LogP) is 4.20. The van der Waals surface area contributed by atoms with Gasteiger partial charge in [0.25, 0.3) is 0 Å². The lowest BCUT2D eigenvalue weighted by molar-refractivity contribution is -0.123. The SMILES string of the molecule is COc1ccccc1C(=O)Oc1ccc(N2C(=O)[C@H]3[C@@H]4C[C@@H]([C@H](Br)[C@@H]4Br)[C@@H]3C2=O)cc1. The van der Waals surface area contributed by atoms with E-state index >= 15 is 0 Å². The van der Waals surface area contributed by atoms with E-state index in [4.69, 9.17) is 9.47 Å². The number of carbonyl (C=O) groups is 3. The molecule has 2 amide bonds. The van der Waals surface area contributed by atoms with Crippen LogP contribution >= 0.6 is 31.9 Å². The van der Waals surface area contributed by atoms with Crippen LogP contribution in [0.25, 0.3) is 0 Å². The summed E-state index contributed by atoms with van der Waals surface area (Å²) in [6.45, 7) is 0. The van der Waals surface area contributed by atoms with Gasteiger partial charge in [-0.15, -0.1) is 0 Å². The smallest absolute Gasteiger partial charge is 0.347 e. The maximum Gasteiger partial charge on any atom is 0.347 e. The number of fused-ring (bicyclic) bond motifs is 5. The van der Waals surface area contributed by atoms with E-state index < -0.39 is 5.97 Å². The number of hydrogen-bond donors (Lipinski definition) is 0. The van der Waals surface area contributed by atoms with Crippen LogP contribution < -0.4 is 14.4 Å². The van der Waals surface area contributed by atoms with Crippen molar-refractivity contribution in [1.29, 1.82) is 0 Å². The van der Waals surface area contributed by atoms with Crippen LogP contribution in [0, 0.1) is 23.7 Å². The fourth-order valence-corrected chi connectivity index (χ4v) is 7.12. The molecule has 160 valence electrons. The molecule has 1 saturated heterocycles. The van der Waals surface area contributed by atoms with Gasteiger partial charge in [-0.1, -0.05) is 44.0 Å². The topological polar surface area (TPSA) is 72.9 Å². The van der Waals surface area contributed by atoms with Gasteiger partial charge in [0.05, 0.1) is 24.6 Å². The average Bonchev–Trinajstić information content (AvgIpc) is 3.39. The number of methoxy groups -OCH3 is 1. The van der Waals surface area contributed by atoms with Crippen LogP contribution in [-0.4, -0.2) is 34.5 Å². The zero-order valence-corrected chi connectivity index (χ0v) is 19.7. The molecule has 2 aliphatic carbocycles.